The Hall–Kier alpha value is -0.610. The lowest BCUT2D eigenvalue weighted by atomic mass is 9.93. The van der Waals surface area contributed by atoms with Crippen LogP contribution in [0.3, 0.4) is 0 Å². The number of amides is 1. The molecule has 4 heteroatoms. The Kier molecular flexibility index (Phi) is 6.52. The second-order valence-corrected chi connectivity index (χ2v) is 5.03. The summed E-state index contributed by atoms with van der Waals surface area (Å²) < 4.78 is 0. The molecule has 0 aromatic heterocycles. The molecule has 1 N–H and O–H groups in total. The molecular weight excluding hydrogens is 214 g/mol. The van der Waals surface area contributed by atoms with Gasteiger partial charge in [-0.25, -0.2) is 0 Å². The van der Waals surface area contributed by atoms with Crippen LogP contribution in [0.2, 0.25) is 0 Å². The van der Waals surface area contributed by atoms with Crippen LogP contribution >= 0.6 is 0 Å². The molecular formula is C13H27N3O. The van der Waals surface area contributed by atoms with Crippen molar-refractivity contribution in [3.8, 4) is 0 Å². The molecule has 0 aliphatic carbocycles. The van der Waals surface area contributed by atoms with E-state index in [0.29, 0.717) is 11.8 Å². The van der Waals surface area contributed by atoms with Gasteiger partial charge in [0.05, 0.1) is 0 Å². The van der Waals surface area contributed by atoms with Gasteiger partial charge in [0.15, 0.2) is 0 Å². The molecule has 4 nitrogen and oxygen atoms in total. The van der Waals surface area contributed by atoms with Crippen molar-refractivity contribution in [3.05, 3.63) is 0 Å². The number of carbonyl (C=O) groups excluding carboxylic acids is 1. The van der Waals surface area contributed by atoms with Crippen molar-refractivity contribution < 1.29 is 4.79 Å². The number of rotatable bonds is 6. The standard InChI is InChI=1S/C13H27N3O/c1-4-16(10-7-14-2)13(17)11-12-5-8-15(3)9-6-12/h12,14H,4-11H2,1-3H3. The van der Waals surface area contributed by atoms with Crippen LogP contribution in [0, 0.1) is 5.92 Å². The highest BCUT2D eigenvalue weighted by Gasteiger charge is 2.21. The zero-order valence-electron chi connectivity index (χ0n) is 11.5. The van der Waals surface area contributed by atoms with E-state index in [1.54, 1.807) is 0 Å². The molecule has 0 spiro atoms. The normalized spacial score (nSPS) is 18.3. The van der Waals surface area contributed by atoms with E-state index in [9.17, 15) is 4.79 Å². The molecule has 1 aliphatic heterocycles. The molecule has 0 bridgehead atoms. The smallest absolute Gasteiger partial charge is 0.222 e. The molecule has 0 unspecified atom stereocenters. The summed E-state index contributed by atoms with van der Waals surface area (Å²) in [5, 5.41) is 3.10. The molecule has 0 radical (unpaired) electrons. The minimum absolute atomic E-state index is 0.331. The number of piperidine rings is 1. The van der Waals surface area contributed by atoms with Crippen LogP contribution in [0.15, 0.2) is 0 Å². The van der Waals surface area contributed by atoms with Gasteiger partial charge in [0.25, 0.3) is 0 Å². The lowest BCUT2D eigenvalue weighted by Crippen LogP contribution is -2.38. The number of nitrogens with one attached hydrogen (secondary N) is 1. The van der Waals surface area contributed by atoms with Crippen LogP contribution in [0.25, 0.3) is 0 Å². The number of nitrogens with zero attached hydrogens (tertiary/aromatic N) is 2. The second kappa shape index (κ2) is 7.67. The first-order chi connectivity index (χ1) is 8.17. The highest BCUT2D eigenvalue weighted by Crippen LogP contribution is 2.20. The lowest BCUT2D eigenvalue weighted by molar-refractivity contribution is -0.132. The zero-order valence-corrected chi connectivity index (χ0v) is 11.5. The number of carbonyl (C=O) groups is 1. The first-order valence-corrected chi connectivity index (χ1v) is 6.78. The lowest BCUT2D eigenvalue weighted by Gasteiger charge is -2.30. The fourth-order valence-corrected chi connectivity index (χ4v) is 2.35. The van der Waals surface area contributed by atoms with Crippen LogP contribution in [0.4, 0.5) is 0 Å². The molecule has 0 aromatic rings. The van der Waals surface area contributed by atoms with E-state index in [2.05, 4.69) is 24.2 Å². The first kappa shape index (κ1) is 14.5. The molecule has 0 atom stereocenters. The Morgan fingerprint density at radius 3 is 2.59 bits per heavy atom. The maximum Gasteiger partial charge on any atom is 0.222 e. The maximum atomic E-state index is 12.1. The third-order valence-corrected chi connectivity index (χ3v) is 3.67. The highest BCUT2D eigenvalue weighted by molar-refractivity contribution is 5.76. The van der Waals surface area contributed by atoms with Crippen LogP contribution in [0.1, 0.15) is 26.2 Å². The molecule has 1 fully saturated rings. The number of hydrogen-bond acceptors (Lipinski definition) is 3. The van der Waals surface area contributed by atoms with Crippen LogP contribution in [-0.4, -0.2) is 62.5 Å². The van der Waals surface area contributed by atoms with Crippen LogP contribution in [-0.2, 0) is 4.79 Å². The minimum atomic E-state index is 0.331. The molecule has 1 aliphatic rings. The van der Waals surface area contributed by atoms with Gasteiger partial charge in [-0.05, 0) is 52.9 Å². The summed E-state index contributed by atoms with van der Waals surface area (Å²) in [6.07, 6.45) is 3.09. The molecule has 1 saturated heterocycles. The Bertz CT molecular complexity index is 225. The summed E-state index contributed by atoms with van der Waals surface area (Å²) in [6.45, 7) is 6.88. The quantitative estimate of drug-likeness (QED) is 0.747. The molecule has 0 aromatic carbocycles. The fourth-order valence-electron chi connectivity index (χ4n) is 2.35. The minimum Gasteiger partial charge on any atom is -0.342 e. The predicted molar refractivity (Wildman–Crippen MR) is 71.0 cm³/mol. The number of likely N-dealkylation sites (N-methyl/N-ethyl adjacent to an activating group) is 2. The van der Waals surface area contributed by atoms with E-state index in [4.69, 9.17) is 0 Å². The second-order valence-electron chi connectivity index (χ2n) is 5.03. The van der Waals surface area contributed by atoms with E-state index in [1.165, 1.54) is 12.8 Å². The van der Waals surface area contributed by atoms with Gasteiger partial charge in [0.1, 0.15) is 0 Å². The summed E-state index contributed by atoms with van der Waals surface area (Å²) in [4.78, 5) is 16.4. The Balaban J connectivity index is 2.31. The van der Waals surface area contributed by atoms with Crippen molar-refractivity contribution in [1.82, 2.24) is 15.1 Å². The highest BCUT2D eigenvalue weighted by atomic mass is 16.2. The van der Waals surface area contributed by atoms with Gasteiger partial charge in [-0.3, -0.25) is 4.79 Å². The van der Waals surface area contributed by atoms with Crippen molar-refractivity contribution >= 4 is 5.91 Å². The van der Waals surface area contributed by atoms with E-state index in [0.717, 1.165) is 39.1 Å². The molecule has 100 valence electrons. The van der Waals surface area contributed by atoms with Crippen LogP contribution in [0.5, 0.6) is 0 Å². The SMILES string of the molecule is CCN(CCNC)C(=O)CC1CCN(C)CC1. The van der Waals surface area contributed by atoms with Gasteiger partial charge in [-0.2, -0.15) is 0 Å². The van der Waals surface area contributed by atoms with Crippen molar-refractivity contribution in [3.63, 3.8) is 0 Å². The summed E-state index contributed by atoms with van der Waals surface area (Å²) in [6, 6.07) is 0. The van der Waals surface area contributed by atoms with Gasteiger partial charge >= 0.3 is 0 Å². The van der Waals surface area contributed by atoms with E-state index in [1.807, 2.05) is 11.9 Å². The Labute approximate surface area is 105 Å². The van der Waals surface area contributed by atoms with Crippen molar-refractivity contribution in [2.24, 2.45) is 5.92 Å². The molecule has 1 heterocycles. The zero-order chi connectivity index (χ0) is 12.7. The van der Waals surface area contributed by atoms with E-state index < -0.39 is 0 Å². The summed E-state index contributed by atoms with van der Waals surface area (Å²) >= 11 is 0. The fraction of sp³-hybridized carbons (Fsp3) is 0.923. The summed E-state index contributed by atoms with van der Waals surface area (Å²) in [5.41, 5.74) is 0. The first-order valence-electron chi connectivity index (χ1n) is 6.78. The van der Waals surface area contributed by atoms with E-state index >= 15 is 0 Å². The van der Waals surface area contributed by atoms with Gasteiger partial charge in [-0.1, -0.05) is 0 Å². The van der Waals surface area contributed by atoms with Crippen molar-refractivity contribution in [2.75, 3.05) is 46.8 Å². The maximum absolute atomic E-state index is 12.1. The van der Waals surface area contributed by atoms with Gasteiger partial charge in [0.2, 0.25) is 5.91 Å². The van der Waals surface area contributed by atoms with Crippen molar-refractivity contribution in [1.29, 1.82) is 0 Å². The largest absolute Gasteiger partial charge is 0.342 e. The van der Waals surface area contributed by atoms with Gasteiger partial charge < -0.3 is 15.1 Å². The molecule has 17 heavy (non-hydrogen) atoms. The molecule has 1 amide bonds. The summed E-state index contributed by atoms with van der Waals surface area (Å²) in [5.74, 6) is 0.930. The number of likely N-dealkylation sites (tertiary alicyclic amines) is 1. The number of hydrogen-bond donors (Lipinski definition) is 1. The van der Waals surface area contributed by atoms with Gasteiger partial charge in [0, 0.05) is 26.1 Å². The van der Waals surface area contributed by atoms with Crippen LogP contribution < -0.4 is 5.32 Å². The topological polar surface area (TPSA) is 35.6 Å². The van der Waals surface area contributed by atoms with E-state index in [-0.39, 0.29) is 0 Å². The predicted octanol–water partition coefficient (Wildman–Crippen LogP) is 0.786. The average molecular weight is 241 g/mol. The molecule has 1 rings (SSSR count). The Morgan fingerprint density at radius 1 is 1.41 bits per heavy atom. The van der Waals surface area contributed by atoms with Gasteiger partial charge in [-0.15, -0.1) is 0 Å². The van der Waals surface area contributed by atoms with Crippen molar-refractivity contribution in [2.45, 2.75) is 26.2 Å². The average Bonchev–Trinajstić information content (AvgIpc) is 2.33. The monoisotopic (exact) mass is 241 g/mol. The third kappa shape index (κ3) is 5.04. The third-order valence-electron chi connectivity index (χ3n) is 3.67. The Morgan fingerprint density at radius 2 is 2.06 bits per heavy atom. The molecule has 0 saturated carbocycles. The summed E-state index contributed by atoms with van der Waals surface area (Å²) in [7, 11) is 4.08.